The summed E-state index contributed by atoms with van der Waals surface area (Å²) in [5, 5.41) is 0. The Morgan fingerprint density at radius 2 is 1.75 bits per heavy atom. The summed E-state index contributed by atoms with van der Waals surface area (Å²) in [5.41, 5.74) is 1.36. The van der Waals surface area contributed by atoms with Crippen LogP contribution in [0.5, 0.6) is 0 Å². The molecule has 0 bridgehead atoms. The molecule has 0 heterocycles. The number of halogens is 1. The van der Waals surface area contributed by atoms with Gasteiger partial charge in [0, 0.05) is 0 Å². The van der Waals surface area contributed by atoms with Crippen LogP contribution < -0.4 is 0 Å². The second-order valence-electron chi connectivity index (χ2n) is 4.53. The van der Waals surface area contributed by atoms with Crippen LogP contribution in [0.1, 0.15) is 37.7 Å². The summed E-state index contributed by atoms with van der Waals surface area (Å²) in [6.07, 6.45) is 7.25. The fourth-order valence-electron chi connectivity index (χ4n) is 2.22. The molecule has 1 nitrogen and oxygen atoms in total. The zero-order valence-electron chi connectivity index (χ0n) is 9.62. The molecule has 88 valence electrons. The predicted octanol–water partition coefficient (Wildman–Crippen LogP) is 4.30. The maximum absolute atomic E-state index is 5.99. The highest BCUT2D eigenvalue weighted by Crippen LogP contribution is 2.36. The number of benzene rings is 1. The zero-order valence-corrected chi connectivity index (χ0v) is 11.2. The molecule has 1 aromatic rings. The summed E-state index contributed by atoms with van der Waals surface area (Å²) >= 11 is 3.75. The van der Waals surface area contributed by atoms with E-state index in [9.17, 15) is 0 Å². The van der Waals surface area contributed by atoms with Gasteiger partial charge in [-0.15, -0.1) is 0 Å². The smallest absolute Gasteiger partial charge is 0.122 e. The molecule has 0 aromatic heterocycles. The van der Waals surface area contributed by atoms with Crippen molar-refractivity contribution >= 4 is 15.9 Å². The standard InChI is InChI=1S/C14H19BrO/c15-14(10-5-2-6-11-14)16-12-9-13-7-3-1-4-8-13/h1,3-4,7-8H,2,5-6,9-12H2. The van der Waals surface area contributed by atoms with Crippen molar-refractivity contribution in [3.63, 3.8) is 0 Å². The van der Waals surface area contributed by atoms with E-state index < -0.39 is 0 Å². The molecule has 0 atom stereocenters. The summed E-state index contributed by atoms with van der Waals surface area (Å²) in [6.45, 7) is 0.815. The van der Waals surface area contributed by atoms with Gasteiger partial charge < -0.3 is 4.74 Å². The van der Waals surface area contributed by atoms with Gasteiger partial charge in [-0.1, -0.05) is 52.7 Å². The third-order valence-corrected chi connectivity index (χ3v) is 4.22. The number of hydrogen-bond donors (Lipinski definition) is 0. The van der Waals surface area contributed by atoms with Gasteiger partial charge in [0.25, 0.3) is 0 Å². The lowest BCUT2D eigenvalue weighted by molar-refractivity contribution is 0.00796. The third-order valence-electron chi connectivity index (χ3n) is 3.19. The van der Waals surface area contributed by atoms with Crippen molar-refractivity contribution in [1.82, 2.24) is 0 Å². The molecule has 0 radical (unpaired) electrons. The number of rotatable bonds is 4. The number of hydrogen-bond acceptors (Lipinski definition) is 1. The second kappa shape index (κ2) is 5.83. The van der Waals surface area contributed by atoms with E-state index in [4.69, 9.17) is 4.74 Å². The van der Waals surface area contributed by atoms with Crippen LogP contribution in [0.2, 0.25) is 0 Å². The number of ether oxygens (including phenoxy) is 1. The predicted molar refractivity (Wildman–Crippen MR) is 70.8 cm³/mol. The van der Waals surface area contributed by atoms with Crippen LogP contribution in [-0.4, -0.2) is 11.1 Å². The van der Waals surface area contributed by atoms with E-state index in [2.05, 4.69) is 46.3 Å². The van der Waals surface area contributed by atoms with Crippen LogP contribution in [0.15, 0.2) is 30.3 Å². The van der Waals surface area contributed by atoms with Gasteiger partial charge in [0.2, 0.25) is 0 Å². The maximum Gasteiger partial charge on any atom is 0.122 e. The van der Waals surface area contributed by atoms with Crippen molar-refractivity contribution in [3.05, 3.63) is 35.9 Å². The molecule has 2 rings (SSSR count). The highest BCUT2D eigenvalue weighted by atomic mass is 79.9. The molecular formula is C14H19BrO. The summed E-state index contributed by atoms with van der Waals surface area (Å²) in [6, 6.07) is 10.5. The van der Waals surface area contributed by atoms with E-state index in [0.29, 0.717) is 0 Å². The van der Waals surface area contributed by atoms with Gasteiger partial charge in [0.05, 0.1) is 6.61 Å². The fourth-order valence-corrected chi connectivity index (χ4v) is 2.94. The summed E-state index contributed by atoms with van der Waals surface area (Å²) in [7, 11) is 0. The summed E-state index contributed by atoms with van der Waals surface area (Å²) in [5.74, 6) is 0. The molecule has 0 aliphatic heterocycles. The lowest BCUT2D eigenvalue weighted by Gasteiger charge is -2.31. The average molecular weight is 283 g/mol. The molecule has 2 heteroatoms. The molecule has 1 aromatic carbocycles. The van der Waals surface area contributed by atoms with Crippen molar-refractivity contribution < 1.29 is 4.74 Å². The Labute approximate surface area is 106 Å². The third kappa shape index (κ3) is 3.60. The first-order valence-corrected chi connectivity index (χ1v) is 6.95. The summed E-state index contributed by atoms with van der Waals surface area (Å²) < 4.78 is 5.96. The van der Waals surface area contributed by atoms with Crippen molar-refractivity contribution in [2.75, 3.05) is 6.61 Å². The highest BCUT2D eigenvalue weighted by molar-refractivity contribution is 9.10. The molecule has 0 spiro atoms. The highest BCUT2D eigenvalue weighted by Gasteiger charge is 2.29. The van der Waals surface area contributed by atoms with Gasteiger partial charge in [0.15, 0.2) is 0 Å². The molecule has 0 saturated heterocycles. The first-order chi connectivity index (χ1) is 7.79. The quantitative estimate of drug-likeness (QED) is 0.748. The van der Waals surface area contributed by atoms with Crippen LogP contribution >= 0.6 is 15.9 Å². The van der Waals surface area contributed by atoms with E-state index in [1.165, 1.54) is 24.8 Å². The van der Waals surface area contributed by atoms with E-state index in [0.717, 1.165) is 25.9 Å². The lowest BCUT2D eigenvalue weighted by atomic mass is 9.97. The molecular weight excluding hydrogens is 264 g/mol. The number of alkyl halides is 1. The molecule has 0 amide bonds. The molecule has 16 heavy (non-hydrogen) atoms. The Morgan fingerprint density at radius 3 is 2.44 bits per heavy atom. The Bertz CT molecular complexity index is 304. The topological polar surface area (TPSA) is 9.23 Å². The van der Waals surface area contributed by atoms with Gasteiger partial charge in [-0.2, -0.15) is 0 Å². The zero-order chi connectivity index (χ0) is 11.3. The first kappa shape index (κ1) is 12.1. The van der Waals surface area contributed by atoms with Crippen molar-refractivity contribution in [2.24, 2.45) is 0 Å². The molecule has 1 saturated carbocycles. The van der Waals surface area contributed by atoms with E-state index in [1.807, 2.05) is 0 Å². The largest absolute Gasteiger partial charge is 0.363 e. The minimum Gasteiger partial charge on any atom is -0.363 e. The molecule has 1 fully saturated rings. The Balaban J connectivity index is 1.75. The van der Waals surface area contributed by atoms with E-state index in [-0.39, 0.29) is 4.51 Å². The Hall–Kier alpha value is -0.340. The Kier molecular flexibility index (Phi) is 4.42. The van der Waals surface area contributed by atoms with Crippen molar-refractivity contribution in [3.8, 4) is 0 Å². The van der Waals surface area contributed by atoms with Crippen LogP contribution in [0.4, 0.5) is 0 Å². The minimum atomic E-state index is -0.0277. The molecule has 0 N–H and O–H groups in total. The normalized spacial score (nSPS) is 19.6. The lowest BCUT2D eigenvalue weighted by Crippen LogP contribution is -2.28. The minimum absolute atomic E-state index is 0.0277. The van der Waals surface area contributed by atoms with Gasteiger partial charge >= 0.3 is 0 Å². The second-order valence-corrected chi connectivity index (χ2v) is 5.97. The molecule has 0 unspecified atom stereocenters. The Morgan fingerprint density at radius 1 is 1.06 bits per heavy atom. The van der Waals surface area contributed by atoms with Gasteiger partial charge in [-0.05, 0) is 37.7 Å². The maximum atomic E-state index is 5.99. The van der Waals surface area contributed by atoms with Crippen molar-refractivity contribution in [2.45, 2.75) is 43.0 Å². The first-order valence-electron chi connectivity index (χ1n) is 6.15. The van der Waals surface area contributed by atoms with E-state index >= 15 is 0 Å². The van der Waals surface area contributed by atoms with Gasteiger partial charge in [0.1, 0.15) is 4.51 Å². The monoisotopic (exact) mass is 282 g/mol. The van der Waals surface area contributed by atoms with Crippen LogP contribution in [0.3, 0.4) is 0 Å². The molecule has 1 aliphatic carbocycles. The van der Waals surface area contributed by atoms with Crippen molar-refractivity contribution in [1.29, 1.82) is 0 Å². The molecule has 1 aliphatic rings. The van der Waals surface area contributed by atoms with Crippen LogP contribution in [0.25, 0.3) is 0 Å². The summed E-state index contributed by atoms with van der Waals surface area (Å²) in [4.78, 5) is 0. The van der Waals surface area contributed by atoms with Crippen LogP contribution in [-0.2, 0) is 11.2 Å². The average Bonchev–Trinajstić information content (AvgIpc) is 2.31. The van der Waals surface area contributed by atoms with E-state index in [1.54, 1.807) is 0 Å². The van der Waals surface area contributed by atoms with Crippen LogP contribution in [0, 0.1) is 0 Å². The SMILES string of the molecule is BrC1(OCCc2ccccc2)CCCCC1. The fraction of sp³-hybridized carbons (Fsp3) is 0.571. The van der Waals surface area contributed by atoms with Gasteiger partial charge in [-0.3, -0.25) is 0 Å². The van der Waals surface area contributed by atoms with Gasteiger partial charge in [-0.25, -0.2) is 0 Å².